The fourth-order valence-corrected chi connectivity index (χ4v) is 1.55. The molecule has 2 rings (SSSR count). The van der Waals surface area contributed by atoms with E-state index in [1.807, 2.05) is 0 Å². The number of hydrogen-bond acceptors (Lipinski definition) is 2. The van der Waals surface area contributed by atoms with Gasteiger partial charge in [0.15, 0.2) is 0 Å². The maximum Gasteiger partial charge on any atom is 0.335 e. The zero-order chi connectivity index (χ0) is 11.7. The Kier molecular flexibility index (Phi) is 2.54. The van der Waals surface area contributed by atoms with Crippen LogP contribution in [-0.2, 0) is 0 Å². The first-order valence-corrected chi connectivity index (χ1v) is 4.76. The molecule has 0 saturated heterocycles. The Balaban J connectivity index is 2.65. The van der Waals surface area contributed by atoms with Crippen LogP contribution < -0.4 is 5.69 Å². The third kappa shape index (κ3) is 1.72. The minimum Gasteiger partial charge on any atom is -0.478 e. The van der Waals surface area contributed by atoms with Crippen LogP contribution in [0.5, 0.6) is 0 Å². The van der Waals surface area contributed by atoms with Gasteiger partial charge in [-0.1, -0.05) is 11.6 Å². The number of carbonyl (C=O) groups is 1. The highest BCUT2D eigenvalue weighted by molar-refractivity contribution is 6.32. The Hall–Kier alpha value is -2.01. The molecule has 1 heterocycles. The molecular weight excluding hydrogens is 232 g/mol. The predicted octanol–water partition coefficient (Wildman–Crippen LogP) is 1.52. The SMILES string of the molecule is O=C(O)c1ccc(Cl)c(-n2cc[nH]c2=O)c1. The number of hydrogen-bond donors (Lipinski definition) is 2. The van der Waals surface area contributed by atoms with Crippen molar-refractivity contribution in [1.29, 1.82) is 0 Å². The Labute approximate surface area is 94.9 Å². The summed E-state index contributed by atoms with van der Waals surface area (Å²) in [6.07, 6.45) is 2.93. The molecule has 0 aliphatic heterocycles. The maximum atomic E-state index is 11.4. The van der Waals surface area contributed by atoms with Crippen LogP contribution in [0.3, 0.4) is 0 Å². The van der Waals surface area contributed by atoms with Gasteiger partial charge in [0, 0.05) is 12.4 Å². The molecule has 82 valence electrons. The summed E-state index contributed by atoms with van der Waals surface area (Å²) >= 11 is 5.90. The predicted molar refractivity (Wildman–Crippen MR) is 58.4 cm³/mol. The van der Waals surface area contributed by atoms with Gasteiger partial charge in [-0.25, -0.2) is 9.59 Å². The summed E-state index contributed by atoms with van der Waals surface area (Å²) < 4.78 is 1.24. The number of benzene rings is 1. The molecule has 0 spiro atoms. The minimum absolute atomic E-state index is 0.0764. The summed E-state index contributed by atoms with van der Waals surface area (Å²) in [4.78, 5) is 24.6. The van der Waals surface area contributed by atoms with Crippen molar-refractivity contribution in [3.8, 4) is 5.69 Å². The van der Waals surface area contributed by atoms with Crippen LogP contribution in [-0.4, -0.2) is 20.6 Å². The van der Waals surface area contributed by atoms with Gasteiger partial charge in [0.1, 0.15) is 0 Å². The molecule has 0 aliphatic carbocycles. The summed E-state index contributed by atoms with van der Waals surface area (Å²) in [5, 5.41) is 9.14. The number of aromatic carboxylic acids is 1. The monoisotopic (exact) mass is 238 g/mol. The van der Waals surface area contributed by atoms with Crippen molar-refractivity contribution in [2.45, 2.75) is 0 Å². The lowest BCUT2D eigenvalue weighted by Gasteiger charge is -2.05. The largest absolute Gasteiger partial charge is 0.478 e. The summed E-state index contributed by atoms with van der Waals surface area (Å²) in [5.41, 5.74) is 0.0461. The van der Waals surface area contributed by atoms with Crippen molar-refractivity contribution >= 4 is 17.6 Å². The first-order valence-electron chi connectivity index (χ1n) is 4.39. The van der Waals surface area contributed by atoms with Gasteiger partial charge in [0.05, 0.1) is 16.3 Å². The van der Waals surface area contributed by atoms with Crippen LogP contribution >= 0.6 is 11.6 Å². The third-order valence-corrected chi connectivity index (χ3v) is 2.42. The van der Waals surface area contributed by atoms with Crippen molar-refractivity contribution in [3.63, 3.8) is 0 Å². The molecule has 0 fully saturated rings. The normalized spacial score (nSPS) is 10.3. The Morgan fingerprint density at radius 2 is 2.19 bits per heavy atom. The molecule has 0 amide bonds. The summed E-state index contributed by atoms with van der Waals surface area (Å²) in [6, 6.07) is 4.17. The maximum absolute atomic E-state index is 11.4. The molecule has 6 heteroatoms. The molecule has 0 aliphatic rings. The van der Waals surface area contributed by atoms with Gasteiger partial charge in [0.25, 0.3) is 0 Å². The second-order valence-electron chi connectivity index (χ2n) is 3.11. The van der Waals surface area contributed by atoms with E-state index in [2.05, 4.69) is 4.98 Å². The average molecular weight is 239 g/mol. The second-order valence-corrected chi connectivity index (χ2v) is 3.51. The molecular formula is C10H7ClN2O3. The number of halogens is 1. The van der Waals surface area contributed by atoms with E-state index in [0.717, 1.165) is 0 Å². The summed E-state index contributed by atoms with van der Waals surface area (Å²) in [6.45, 7) is 0. The topological polar surface area (TPSA) is 75.1 Å². The second kappa shape index (κ2) is 3.86. The molecule has 16 heavy (non-hydrogen) atoms. The van der Waals surface area contributed by atoms with Crippen molar-refractivity contribution < 1.29 is 9.90 Å². The van der Waals surface area contributed by atoms with Gasteiger partial charge in [-0.2, -0.15) is 0 Å². The van der Waals surface area contributed by atoms with Crippen LogP contribution in [0.1, 0.15) is 10.4 Å². The smallest absolute Gasteiger partial charge is 0.335 e. The van der Waals surface area contributed by atoms with Gasteiger partial charge < -0.3 is 10.1 Å². The highest BCUT2D eigenvalue weighted by atomic mass is 35.5. The van der Waals surface area contributed by atoms with E-state index in [4.69, 9.17) is 16.7 Å². The van der Waals surface area contributed by atoms with Crippen LogP contribution in [0.25, 0.3) is 5.69 Å². The summed E-state index contributed by atoms with van der Waals surface area (Å²) in [7, 11) is 0. The Morgan fingerprint density at radius 1 is 1.44 bits per heavy atom. The highest BCUT2D eigenvalue weighted by Crippen LogP contribution is 2.20. The van der Waals surface area contributed by atoms with E-state index in [0.29, 0.717) is 10.7 Å². The van der Waals surface area contributed by atoms with Crippen molar-refractivity contribution in [3.05, 3.63) is 51.7 Å². The van der Waals surface area contributed by atoms with E-state index >= 15 is 0 Å². The molecule has 1 aromatic heterocycles. The number of H-pyrrole nitrogens is 1. The van der Waals surface area contributed by atoms with Crippen molar-refractivity contribution in [2.24, 2.45) is 0 Å². The molecule has 2 N–H and O–H groups in total. The number of aromatic amines is 1. The number of nitrogens with one attached hydrogen (secondary N) is 1. The minimum atomic E-state index is -1.07. The molecule has 0 radical (unpaired) electrons. The molecule has 5 nitrogen and oxygen atoms in total. The van der Waals surface area contributed by atoms with Crippen molar-refractivity contribution in [2.75, 3.05) is 0 Å². The highest BCUT2D eigenvalue weighted by Gasteiger charge is 2.09. The Morgan fingerprint density at radius 3 is 2.75 bits per heavy atom. The van der Waals surface area contributed by atoms with Gasteiger partial charge in [-0.15, -0.1) is 0 Å². The molecule has 2 aromatic rings. The van der Waals surface area contributed by atoms with Gasteiger partial charge in [-0.3, -0.25) is 4.57 Å². The summed E-state index contributed by atoms with van der Waals surface area (Å²) in [5.74, 6) is -1.07. The number of imidazole rings is 1. The molecule has 0 atom stereocenters. The van der Waals surface area contributed by atoms with Gasteiger partial charge in [-0.05, 0) is 18.2 Å². The number of rotatable bonds is 2. The van der Waals surface area contributed by atoms with E-state index in [-0.39, 0.29) is 11.3 Å². The average Bonchev–Trinajstić information content (AvgIpc) is 2.65. The number of carboxylic acid groups (broad SMARTS) is 1. The zero-order valence-electron chi connectivity index (χ0n) is 7.98. The van der Waals surface area contributed by atoms with Crippen LogP contribution in [0.4, 0.5) is 0 Å². The van der Waals surface area contributed by atoms with Crippen LogP contribution in [0.2, 0.25) is 5.02 Å². The lowest BCUT2D eigenvalue weighted by molar-refractivity contribution is 0.0697. The Bertz CT molecular complexity index is 600. The van der Waals surface area contributed by atoms with E-state index in [1.54, 1.807) is 0 Å². The standard InChI is InChI=1S/C10H7ClN2O3/c11-7-2-1-6(9(14)15)5-8(7)13-4-3-12-10(13)16/h1-5H,(H,12,16)(H,14,15). The van der Waals surface area contributed by atoms with Crippen LogP contribution in [0, 0.1) is 0 Å². The lowest BCUT2D eigenvalue weighted by Crippen LogP contribution is -2.15. The number of carboxylic acids is 1. The van der Waals surface area contributed by atoms with Crippen molar-refractivity contribution in [1.82, 2.24) is 9.55 Å². The quantitative estimate of drug-likeness (QED) is 0.833. The molecule has 0 unspecified atom stereocenters. The fraction of sp³-hybridized carbons (Fsp3) is 0. The zero-order valence-corrected chi connectivity index (χ0v) is 8.73. The first-order chi connectivity index (χ1) is 7.59. The van der Waals surface area contributed by atoms with E-state index in [1.165, 1.54) is 35.2 Å². The third-order valence-electron chi connectivity index (χ3n) is 2.10. The molecule has 0 bridgehead atoms. The van der Waals surface area contributed by atoms with Gasteiger partial charge in [0.2, 0.25) is 0 Å². The van der Waals surface area contributed by atoms with E-state index < -0.39 is 5.97 Å². The first kappa shape index (κ1) is 10.5. The molecule has 0 saturated carbocycles. The van der Waals surface area contributed by atoms with Crippen LogP contribution in [0.15, 0.2) is 35.4 Å². The number of nitrogens with zero attached hydrogens (tertiary/aromatic N) is 1. The van der Waals surface area contributed by atoms with E-state index in [9.17, 15) is 9.59 Å². The van der Waals surface area contributed by atoms with Gasteiger partial charge >= 0.3 is 11.7 Å². The fourth-order valence-electron chi connectivity index (χ4n) is 1.34. The number of aromatic nitrogens is 2. The molecule has 1 aromatic carbocycles. The lowest BCUT2D eigenvalue weighted by atomic mass is 10.2.